The number of hydrogen-bond acceptors (Lipinski definition) is 15. The first-order valence-electron chi connectivity index (χ1n) is 20.2. The zero-order valence-electron chi connectivity index (χ0n) is 34.3. The quantitative estimate of drug-likeness (QED) is 0.0501. The van der Waals surface area contributed by atoms with Gasteiger partial charge in [-0.3, -0.25) is 24.7 Å². The van der Waals surface area contributed by atoms with E-state index in [1.54, 1.807) is 29.3 Å². The van der Waals surface area contributed by atoms with Gasteiger partial charge in [0, 0.05) is 37.5 Å². The topological polar surface area (TPSA) is 196 Å². The summed E-state index contributed by atoms with van der Waals surface area (Å²) >= 11 is 0. The van der Waals surface area contributed by atoms with Crippen LogP contribution >= 0.6 is 21.6 Å². The maximum Gasteiger partial charge on any atom is 0.416 e. The van der Waals surface area contributed by atoms with Gasteiger partial charge in [-0.25, -0.2) is 14.7 Å². The van der Waals surface area contributed by atoms with E-state index in [-0.39, 0.29) is 66.1 Å². The molecule has 3 amide bonds. The largest absolute Gasteiger partial charge is 0.493 e. The lowest BCUT2D eigenvalue weighted by molar-refractivity contribution is -0.385. The maximum absolute atomic E-state index is 14.1. The van der Waals surface area contributed by atoms with Gasteiger partial charge in [0.1, 0.15) is 17.8 Å². The van der Waals surface area contributed by atoms with Crippen LogP contribution in [0.25, 0.3) is 0 Å². The molecule has 5 heterocycles. The zero-order valence-corrected chi connectivity index (χ0v) is 35.9. The van der Waals surface area contributed by atoms with E-state index in [0.29, 0.717) is 66.6 Å². The highest BCUT2D eigenvalue weighted by Gasteiger charge is 2.49. The lowest BCUT2D eigenvalue weighted by atomic mass is 10.1. The molecule has 1 N–H and O–H groups in total. The van der Waals surface area contributed by atoms with E-state index < -0.39 is 28.0 Å². The second-order valence-electron chi connectivity index (χ2n) is 15.8. The van der Waals surface area contributed by atoms with Crippen molar-refractivity contribution in [2.75, 3.05) is 52.0 Å². The monoisotopic (exact) mass is 886 g/mol. The molecule has 1 unspecified atom stereocenters. The van der Waals surface area contributed by atoms with Gasteiger partial charge in [0.15, 0.2) is 29.2 Å². The van der Waals surface area contributed by atoms with E-state index in [1.807, 2.05) is 0 Å². The van der Waals surface area contributed by atoms with Gasteiger partial charge in [-0.1, -0.05) is 35.1 Å². The number of aromatic nitrogens is 1. The summed E-state index contributed by atoms with van der Waals surface area (Å²) in [4.78, 5) is 65.1. The smallest absolute Gasteiger partial charge is 0.416 e. The Hall–Kier alpha value is -5.79. The van der Waals surface area contributed by atoms with Crippen LogP contribution in [0.3, 0.4) is 0 Å². The first kappa shape index (κ1) is 42.9. The van der Waals surface area contributed by atoms with Crippen LogP contribution in [-0.4, -0.2) is 119 Å². The number of aliphatic hydroxyl groups is 1. The predicted octanol–water partition coefficient (Wildman–Crippen LogP) is 7.14. The summed E-state index contributed by atoms with van der Waals surface area (Å²) in [5.74, 6) is 0.987. The number of methoxy groups -OCH3 is 2. The number of aliphatic imine (C=N–C) groups is 1. The summed E-state index contributed by atoms with van der Waals surface area (Å²) in [6, 6.07) is 8.56. The Morgan fingerprint density at radius 2 is 1.58 bits per heavy atom. The molecule has 62 heavy (non-hydrogen) atoms. The number of benzene rings is 2. The van der Waals surface area contributed by atoms with E-state index >= 15 is 0 Å². The summed E-state index contributed by atoms with van der Waals surface area (Å²) in [7, 11) is 5.80. The molecule has 2 aromatic carbocycles. The number of fused-ring (bicyclic) bond motifs is 4. The molecule has 19 heteroatoms. The van der Waals surface area contributed by atoms with Gasteiger partial charge in [0.05, 0.1) is 71.7 Å². The van der Waals surface area contributed by atoms with Crippen LogP contribution in [0.15, 0.2) is 76.9 Å². The van der Waals surface area contributed by atoms with Crippen molar-refractivity contribution in [1.82, 2.24) is 14.8 Å². The Kier molecular flexibility index (Phi) is 12.4. The molecular weight excluding hydrogens is 841 g/mol. The molecule has 0 radical (unpaired) electrons. The van der Waals surface area contributed by atoms with E-state index in [9.17, 15) is 29.6 Å². The number of pyridine rings is 1. The van der Waals surface area contributed by atoms with Gasteiger partial charge in [0.2, 0.25) is 0 Å². The van der Waals surface area contributed by atoms with Crippen molar-refractivity contribution in [3.05, 3.63) is 88.1 Å². The van der Waals surface area contributed by atoms with Crippen molar-refractivity contribution in [3.63, 3.8) is 0 Å². The number of unbranched alkanes of at least 4 members (excludes halogenated alkanes) is 2. The molecule has 326 valence electrons. The molecule has 4 aliphatic heterocycles. The fraction of sp³-hybridized carbons (Fsp3) is 0.419. The minimum Gasteiger partial charge on any atom is -0.493 e. The molecule has 3 fully saturated rings. The second-order valence-corrected chi connectivity index (χ2v) is 18.4. The molecule has 3 atom stereocenters. The fourth-order valence-corrected chi connectivity index (χ4v) is 10.4. The van der Waals surface area contributed by atoms with Crippen LogP contribution in [0.4, 0.5) is 21.9 Å². The van der Waals surface area contributed by atoms with E-state index in [4.69, 9.17) is 23.7 Å². The number of ether oxygens (including phenoxy) is 5. The third-order valence-corrected chi connectivity index (χ3v) is 14.6. The first-order valence-corrected chi connectivity index (χ1v) is 22.3. The van der Waals surface area contributed by atoms with Gasteiger partial charge in [-0.05, 0) is 73.9 Å². The highest BCUT2D eigenvalue weighted by molar-refractivity contribution is 8.77. The van der Waals surface area contributed by atoms with Crippen LogP contribution in [-0.2, 0) is 4.74 Å². The molecular formula is C43H46N6O11S2. The van der Waals surface area contributed by atoms with Crippen molar-refractivity contribution < 1.29 is 48.1 Å². The second kappa shape index (κ2) is 17.9. The Bertz CT molecular complexity index is 2340. The van der Waals surface area contributed by atoms with Gasteiger partial charge in [-0.2, -0.15) is 0 Å². The average Bonchev–Trinajstić information content (AvgIpc) is 3.84. The molecule has 2 saturated heterocycles. The fourth-order valence-electron chi connectivity index (χ4n) is 7.85. The van der Waals surface area contributed by atoms with Gasteiger partial charge < -0.3 is 38.6 Å². The first-order chi connectivity index (χ1) is 29.9. The van der Waals surface area contributed by atoms with E-state index in [1.165, 1.54) is 65.1 Å². The number of carbonyl (C=O) groups excluding carboxylic acids is 3. The van der Waals surface area contributed by atoms with Crippen LogP contribution in [0.1, 0.15) is 65.7 Å². The Morgan fingerprint density at radius 3 is 2.24 bits per heavy atom. The zero-order chi connectivity index (χ0) is 43.7. The third-order valence-electron chi connectivity index (χ3n) is 11.4. The maximum atomic E-state index is 14.1. The van der Waals surface area contributed by atoms with E-state index in [2.05, 4.69) is 23.1 Å². The lowest BCUT2D eigenvalue weighted by Gasteiger charge is -2.32. The molecule has 0 bridgehead atoms. The van der Waals surface area contributed by atoms with Gasteiger partial charge in [-0.15, -0.1) is 0 Å². The summed E-state index contributed by atoms with van der Waals surface area (Å²) in [6.45, 7) is 9.47. The number of amides is 3. The third kappa shape index (κ3) is 8.78. The molecule has 0 spiro atoms. The number of nitro groups is 1. The van der Waals surface area contributed by atoms with Crippen molar-refractivity contribution >= 4 is 62.8 Å². The molecule has 1 aromatic heterocycles. The van der Waals surface area contributed by atoms with Crippen LogP contribution in [0.5, 0.6) is 23.0 Å². The summed E-state index contributed by atoms with van der Waals surface area (Å²) in [5, 5.41) is 23.4. The summed E-state index contributed by atoms with van der Waals surface area (Å²) in [5.41, 5.74) is 2.89. The summed E-state index contributed by atoms with van der Waals surface area (Å²) < 4.78 is 29.0. The van der Waals surface area contributed by atoms with Crippen molar-refractivity contribution in [1.29, 1.82) is 0 Å². The van der Waals surface area contributed by atoms with Crippen molar-refractivity contribution in [2.45, 2.75) is 73.0 Å². The molecule has 1 saturated carbocycles. The molecule has 5 aliphatic rings. The van der Waals surface area contributed by atoms with Crippen LogP contribution in [0.2, 0.25) is 0 Å². The molecule has 3 aromatic rings. The van der Waals surface area contributed by atoms with E-state index in [0.717, 1.165) is 35.3 Å². The van der Waals surface area contributed by atoms with Gasteiger partial charge >= 0.3 is 6.09 Å². The lowest BCUT2D eigenvalue weighted by Crippen LogP contribution is -2.51. The number of hydrogen-bond donors (Lipinski definition) is 1. The van der Waals surface area contributed by atoms with Crippen molar-refractivity contribution in [3.8, 4) is 23.0 Å². The molecule has 8 rings (SSSR count). The average molecular weight is 887 g/mol. The number of aliphatic hydroxyl groups excluding tert-OH is 1. The SMILES string of the molecule is C=C1CC2C=Nc3cc(OCCCCCOc4cc5c(cc4OC)C(=O)N4CC(=C)C[C@H]4[C@H](O)N5C(=O)OCC4(SSc5ccc([N+](=O)[O-])cn5)CC4)c(OC)cc3C(=O)N2C1. The minimum absolute atomic E-state index is 0.0239. The minimum atomic E-state index is -1.45. The number of carbonyl (C=O) groups is 3. The normalized spacial score (nSPS) is 20.8. The van der Waals surface area contributed by atoms with Crippen LogP contribution < -0.4 is 23.8 Å². The van der Waals surface area contributed by atoms with Crippen LogP contribution in [0, 0.1) is 10.1 Å². The Morgan fingerprint density at radius 1 is 0.919 bits per heavy atom. The molecule has 1 aliphatic carbocycles. The Labute approximate surface area is 365 Å². The number of anilines is 1. The van der Waals surface area contributed by atoms with Crippen molar-refractivity contribution in [2.24, 2.45) is 4.99 Å². The van der Waals surface area contributed by atoms with Gasteiger partial charge in [0.25, 0.3) is 17.5 Å². The number of nitrogens with zero attached hydrogens (tertiary/aromatic N) is 6. The summed E-state index contributed by atoms with van der Waals surface area (Å²) in [6.07, 6.45) is 5.26. The predicted molar refractivity (Wildman–Crippen MR) is 232 cm³/mol. The number of rotatable bonds is 16. The Balaban J connectivity index is 0.904. The standard InChI is InChI=1S/C43H46N6O11S2/c1-25-14-28-21-44-31-18-36(34(56-3)16-29(31)39(50)46(28)22-25)58-12-6-5-7-13-59-37-19-32-30(17-35(37)57-4)40(51)47-23-26(2)15-33(47)41(52)48(32)42(53)60-24-43(10-11-43)62-61-38-9-8-27(20-45-38)49(54)55/h8-9,16-21,28,33,41,52H,1-2,5-7,10-15,22-24H2,3-4H3/t28?,33-,41-/m0/s1. The molecule has 17 nitrogen and oxygen atoms in total. The highest BCUT2D eigenvalue weighted by Crippen LogP contribution is 2.55. The highest BCUT2D eigenvalue weighted by atomic mass is 33.1.